The lowest BCUT2D eigenvalue weighted by molar-refractivity contribution is 0.112. The van der Waals surface area contributed by atoms with E-state index in [2.05, 4.69) is 20.8 Å². The number of carbonyl (C=O) groups excluding carboxylic acids is 1. The first-order valence-electron chi connectivity index (χ1n) is 5.79. The fourth-order valence-electron chi connectivity index (χ4n) is 2.31. The highest BCUT2D eigenvalue weighted by atomic mass is 79.9. The molecule has 2 rings (SSSR count). The Morgan fingerprint density at radius 2 is 2.35 bits per heavy atom. The van der Waals surface area contributed by atoms with Crippen molar-refractivity contribution < 1.29 is 9.90 Å². The van der Waals surface area contributed by atoms with Gasteiger partial charge in [0.2, 0.25) is 0 Å². The molecule has 1 N–H and O–H groups in total. The molecule has 0 spiro atoms. The van der Waals surface area contributed by atoms with Gasteiger partial charge in [-0.3, -0.25) is 4.79 Å². The summed E-state index contributed by atoms with van der Waals surface area (Å²) in [6.45, 7) is 3.55. The molecular formula is C13H16BrNO2. The van der Waals surface area contributed by atoms with Crippen LogP contribution < -0.4 is 4.90 Å². The second-order valence-electron chi connectivity index (χ2n) is 4.56. The summed E-state index contributed by atoms with van der Waals surface area (Å²) in [5.74, 6) is 0.304. The fourth-order valence-corrected chi connectivity index (χ4v) is 2.69. The van der Waals surface area contributed by atoms with Crippen LogP contribution in [0.1, 0.15) is 23.7 Å². The quantitative estimate of drug-likeness (QED) is 0.872. The number of hydrogen-bond acceptors (Lipinski definition) is 3. The molecule has 0 amide bonds. The van der Waals surface area contributed by atoms with E-state index in [1.165, 1.54) is 0 Å². The highest BCUT2D eigenvalue weighted by molar-refractivity contribution is 9.10. The molecule has 1 aliphatic heterocycles. The smallest absolute Gasteiger partial charge is 0.152 e. The average Bonchev–Trinajstić information content (AvgIpc) is 2.78. The molecule has 1 aromatic carbocycles. The topological polar surface area (TPSA) is 40.5 Å². The first kappa shape index (κ1) is 12.6. The van der Waals surface area contributed by atoms with Gasteiger partial charge in [-0.15, -0.1) is 0 Å². The molecule has 1 heterocycles. The van der Waals surface area contributed by atoms with Crippen LogP contribution in [0, 0.1) is 5.92 Å². The zero-order valence-electron chi connectivity index (χ0n) is 9.77. The zero-order valence-corrected chi connectivity index (χ0v) is 11.4. The Morgan fingerprint density at radius 3 is 2.94 bits per heavy atom. The summed E-state index contributed by atoms with van der Waals surface area (Å²) in [5.41, 5.74) is 1.66. The first-order chi connectivity index (χ1) is 8.11. The maximum atomic E-state index is 11.1. The molecule has 2 atom stereocenters. The van der Waals surface area contributed by atoms with Crippen molar-refractivity contribution in [3.8, 4) is 0 Å². The van der Waals surface area contributed by atoms with Crippen LogP contribution in [0.25, 0.3) is 0 Å². The summed E-state index contributed by atoms with van der Waals surface area (Å²) < 4.78 is 0.912. The van der Waals surface area contributed by atoms with Gasteiger partial charge in [0.05, 0.1) is 6.10 Å². The average molecular weight is 298 g/mol. The lowest BCUT2D eigenvalue weighted by Crippen LogP contribution is -2.24. The number of aliphatic hydroxyl groups is 1. The van der Waals surface area contributed by atoms with E-state index in [-0.39, 0.29) is 6.10 Å². The van der Waals surface area contributed by atoms with Crippen LogP contribution in [0.2, 0.25) is 0 Å². The van der Waals surface area contributed by atoms with E-state index in [0.29, 0.717) is 11.5 Å². The molecule has 0 saturated carbocycles. The Balaban J connectivity index is 2.21. The molecule has 0 radical (unpaired) electrons. The lowest BCUT2D eigenvalue weighted by atomic mass is 10.0. The minimum Gasteiger partial charge on any atom is -0.393 e. The molecule has 1 saturated heterocycles. The first-order valence-corrected chi connectivity index (χ1v) is 6.59. The number of hydrogen-bond donors (Lipinski definition) is 1. The highest BCUT2D eigenvalue weighted by Gasteiger charge is 2.27. The van der Waals surface area contributed by atoms with Gasteiger partial charge >= 0.3 is 0 Å². The van der Waals surface area contributed by atoms with Gasteiger partial charge in [-0.25, -0.2) is 0 Å². The standard InChI is InChI=1S/C13H16BrNO2/c1-9(17)10-4-5-15(7-10)13-3-2-12(14)6-11(13)8-16/h2-3,6,8-10,17H,4-5,7H2,1H3. The molecular weight excluding hydrogens is 282 g/mol. The second-order valence-corrected chi connectivity index (χ2v) is 5.47. The Hall–Kier alpha value is -0.870. The van der Waals surface area contributed by atoms with Crippen LogP contribution in [-0.4, -0.2) is 30.6 Å². The van der Waals surface area contributed by atoms with E-state index in [0.717, 1.165) is 36.0 Å². The zero-order chi connectivity index (χ0) is 12.4. The van der Waals surface area contributed by atoms with E-state index in [4.69, 9.17) is 0 Å². The van der Waals surface area contributed by atoms with Crippen molar-refractivity contribution in [3.05, 3.63) is 28.2 Å². The van der Waals surface area contributed by atoms with Crippen LogP contribution in [0.4, 0.5) is 5.69 Å². The number of carbonyl (C=O) groups is 1. The van der Waals surface area contributed by atoms with Crippen molar-refractivity contribution in [3.63, 3.8) is 0 Å². The van der Waals surface area contributed by atoms with Crippen molar-refractivity contribution in [2.75, 3.05) is 18.0 Å². The predicted molar refractivity (Wildman–Crippen MR) is 71.5 cm³/mol. The predicted octanol–water partition coefficient (Wildman–Crippen LogP) is 2.47. The molecule has 0 aromatic heterocycles. The third-order valence-corrected chi connectivity index (χ3v) is 3.86. The van der Waals surface area contributed by atoms with E-state index in [1.807, 2.05) is 25.1 Å². The SMILES string of the molecule is CC(O)C1CCN(c2ccc(Br)cc2C=O)C1. The number of halogens is 1. The van der Waals surface area contributed by atoms with Crippen molar-refractivity contribution in [1.82, 2.24) is 0 Å². The number of rotatable bonds is 3. The molecule has 0 bridgehead atoms. The molecule has 1 aliphatic rings. The summed E-state index contributed by atoms with van der Waals surface area (Å²) in [6.07, 6.45) is 1.58. The number of aldehydes is 1. The van der Waals surface area contributed by atoms with Crippen LogP contribution in [-0.2, 0) is 0 Å². The van der Waals surface area contributed by atoms with Gasteiger partial charge in [0.1, 0.15) is 0 Å². The number of aliphatic hydroxyl groups excluding tert-OH is 1. The summed E-state index contributed by atoms with van der Waals surface area (Å²) in [5, 5.41) is 9.58. The van der Waals surface area contributed by atoms with Crippen LogP contribution >= 0.6 is 15.9 Å². The monoisotopic (exact) mass is 297 g/mol. The Kier molecular flexibility index (Phi) is 3.84. The molecule has 17 heavy (non-hydrogen) atoms. The largest absolute Gasteiger partial charge is 0.393 e. The Labute approximate surface area is 110 Å². The van der Waals surface area contributed by atoms with Crippen molar-refractivity contribution in [2.24, 2.45) is 5.92 Å². The number of benzene rings is 1. The van der Waals surface area contributed by atoms with Gasteiger partial charge in [-0.1, -0.05) is 15.9 Å². The van der Waals surface area contributed by atoms with Gasteiger partial charge in [0, 0.05) is 34.7 Å². The van der Waals surface area contributed by atoms with E-state index >= 15 is 0 Å². The molecule has 1 aromatic rings. The van der Waals surface area contributed by atoms with Crippen LogP contribution in [0.15, 0.2) is 22.7 Å². The van der Waals surface area contributed by atoms with Gasteiger partial charge in [0.25, 0.3) is 0 Å². The van der Waals surface area contributed by atoms with Crippen molar-refractivity contribution >= 4 is 27.9 Å². The second kappa shape index (κ2) is 5.19. The van der Waals surface area contributed by atoms with Gasteiger partial charge in [0.15, 0.2) is 6.29 Å². The van der Waals surface area contributed by atoms with Crippen molar-refractivity contribution in [1.29, 1.82) is 0 Å². The third-order valence-electron chi connectivity index (χ3n) is 3.36. The summed E-state index contributed by atoms with van der Waals surface area (Å²) in [7, 11) is 0. The maximum Gasteiger partial charge on any atom is 0.152 e. The van der Waals surface area contributed by atoms with Gasteiger partial charge in [-0.2, -0.15) is 0 Å². The van der Waals surface area contributed by atoms with Gasteiger partial charge < -0.3 is 10.0 Å². The van der Waals surface area contributed by atoms with E-state index < -0.39 is 0 Å². The van der Waals surface area contributed by atoms with Crippen LogP contribution in [0.3, 0.4) is 0 Å². The molecule has 4 heteroatoms. The molecule has 3 nitrogen and oxygen atoms in total. The fraction of sp³-hybridized carbons (Fsp3) is 0.462. The lowest BCUT2D eigenvalue weighted by Gasteiger charge is -2.21. The summed E-state index contributed by atoms with van der Waals surface area (Å²) >= 11 is 3.36. The van der Waals surface area contributed by atoms with Gasteiger partial charge in [-0.05, 0) is 31.5 Å². The minimum atomic E-state index is -0.282. The Bertz CT molecular complexity index is 420. The number of nitrogens with zero attached hydrogens (tertiary/aromatic N) is 1. The minimum absolute atomic E-state index is 0.282. The molecule has 92 valence electrons. The summed E-state index contributed by atoms with van der Waals surface area (Å²) in [6, 6.07) is 5.73. The Morgan fingerprint density at radius 1 is 1.59 bits per heavy atom. The van der Waals surface area contributed by atoms with E-state index in [1.54, 1.807) is 0 Å². The van der Waals surface area contributed by atoms with Crippen molar-refractivity contribution in [2.45, 2.75) is 19.4 Å². The number of anilines is 1. The highest BCUT2D eigenvalue weighted by Crippen LogP contribution is 2.29. The summed E-state index contributed by atoms with van der Waals surface area (Å²) in [4.78, 5) is 13.2. The normalized spacial score (nSPS) is 21.6. The molecule has 1 fully saturated rings. The molecule has 2 unspecified atom stereocenters. The maximum absolute atomic E-state index is 11.1. The van der Waals surface area contributed by atoms with E-state index in [9.17, 15) is 9.90 Å². The third kappa shape index (κ3) is 2.69. The molecule has 0 aliphatic carbocycles. The van der Waals surface area contributed by atoms with Crippen LogP contribution in [0.5, 0.6) is 0 Å².